The predicted octanol–water partition coefficient (Wildman–Crippen LogP) is 3.03. The minimum absolute atomic E-state index is 0.0941. The fourth-order valence-corrected chi connectivity index (χ4v) is 3.54. The van der Waals surface area contributed by atoms with Crippen LogP contribution in [0.1, 0.15) is 23.6 Å². The molecule has 0 aromatic heterocycles. The van der Waals surface area contributed by atoms with E-state index in [1.807, 2.05) is 19.1 Å². The average molecular weight is 461 g/mol. The highest BCUT2D eigenvalue weighted by Gasteiger charge is 2.49. The molecule has 0 aliphatic carbocycles. The number of benzene rings is 2. The number of carbonyl (C=O) groups is 3. The van der Waals surface area contributed by atoms with Crippen LogP contribution < -0.4 is 14.8 Å². The van der Waals surface area contributed by atoms with Gasteiger partial charge in [-0.25, -0.2) is 4.79 Å². The van der Waals surface area contributed by atoms with Crippen LogP contribution in [0.4, 0.5) is 13.6 Å². The van der Waals surface area contributed by atoms with Crippen LogP contribution in [0, 0.1) is 6.92 Å². The van der Waals surface area contributed by atoms with Crippen molar-refractivity contribution in [2.75, 3.05) is 20.7 Å². The molecule has 33 heavy (non-hydrogen) atoms. The molecular weight excluding hydrogens is 436 g/mol. The Morgan fingerprint density at radius 2 is 1.82 bits per heavy atom. The molecule has 0 radical (unpaired) electrons. The summed E-state index contributed by atoms with van der Waals surface area (Å²) < 4.78 is 34.5. The first-order chi connectivity index (χ1) is 15.5. The summed E-state index contributed by atoms with van der Waals surface area (Å²) in [6.07, 6.45) is 0. The summed E-state index contributed by atoms with van der Waals surface area (Å²) in [5, 5.41) is 2.67. The summed E-state index contributed by atoms with van der Waals surface area (Å²) in [4.78, 5) is 40.5. The smallest absolute Gasteiger partial charge is 0.387 e. The number of methoxy groups -OCH3 is 1. The zero-order chi connectivity index (χ0) is 24.3. The van der Waals surface area contributed by atoms with E-state index < -0.39 is 36.5 Å². The molecule has 176 valence electrons. The molecule has 1 saturated heterocycles. The Hall–Kier alpha value is -3.69. The third-order valence-corrected chi connectivity index (χ3v) is 5.49. The maximum Gasteiger partial charge on any atom is 0.387 e. The van der Waals surface area contributed by atoms with Crippen molar-refractivity contribution in [1.29, 1.82) is 0 Å². The normalized spacial score (nSPS) is 17.8. The average Bonchev–Trinajstić information content (AvgIpc) is 2.98. The van der Waals surface area contributed by atoms with Gasteiger partial charge >= 0.3 is 12.6 Å². The second kappa shape index (κ2) is 9.43. The van der Waals surface area contributed by atoms with Crippen LogP contribution in [0.5, 0.6) is 11.5 Å². The third kappa shape index (κ3) is 5.05. The van der Waals surface area contributed by atoms with Crippen molar-refractivity contribution in [1.82, 2.24) is 15.1 Å². The second-order valence-corrected chi connectivity index (χ2v) is 7.93. The summed E-state index contributed by atoms with van der Waals surface area (Å²) >= 11 is 0. The molecule has 1 unspecified atom stereocenters. The van der Waals surface area contributed by atoms with Crippen LogP contribution in [0.3, 0.4) is 0 Å². The van der Waals surface area contributed by atoms with Crippen LogP contribution in [-0.4, -0.2) is 55.0 Å². The van der Waals surface area contributed by atoms with Gasteiger partial charge in [0.15, 0.2) is 11.5 Å². The van der Waals surface area contributed by atoms with Crippen LogP contribution in [-0.2, 0) is 21.7 Å². The number of rotatable bonds is 8. The van der Waals surface area contributed by atoms with Crippen molar-refractivity contribution < 1.29 is 32.6 Å². The molecular formula is C23H25F2N3O5. The molecule has 3 rings (SSSR count). The van der Waals surface area contributed by atoms with Crippen molar-refractivity contribution >= 4 is 17.8 Å². The molecule has 1 fully saturated rings. The standard InChI is InChI=1S/C23H25F2N3O5/c1-14-5-8-16(9-6-14)23(2)20(30)28(22(31)26-23)13-19(29)27(3)12-15-7-10-17(33-21(24)25)18(11-15)32-4/h5-11,21H,12-13H2,1-4H3,(H,26,31). The lowest BCUT2D eigenvalue weighted by atomic mass is 9.91. The van der Waals surface area contributed by atoms with Crippen molar-refractivity contribution in [2.24, 2.45) is 0 Å². The monoisotopic (exact) mass is 461 g/mol. The molecule has 0 bridgehead atoms. The quantitative estimate of drug-likeness (QED) is 0.611. The van der Waals surface area contributed by atoms with Crippen molar-refractivity contribution in [3.05, 3.63) is 59.2 Å². The second-order valence-electron chi connectivity index (χ2n) is 7.93. The molecule has 0 saturated carbocycles. The fourth-order valence-electron chi connectivity index (χ4n) is 3.54. The Balaban J connectivity index is 1.69. The first-order valence-electron chi connectivity index (χ1n) is 10.1. The summed E-state index contributed by atoms with van der Waals surface area (Å²) in [5.41, 5.74) is 0.953. The number of halogens is 2. The van der Waals surface area contributed by atoms with Gasteiger partial charge in [-0.15, -0.1) is 0 Å². The number of amides is 4. The highest BCUT2D eigenvalue weighted by Crippen LogP contribution is 2.31. The number of ether oxygens (including phenoxy) is 2. The van der Waals surface area contributed by atoms with Gasteiger partial charge in [0.05, 0.1) is 7.11 Å². The number of hydrogen-bond donors (Lipinski definition) is 1. The number of hydrogen-bond acceptors (Lipinski definition) is 5. The largest absolute Gasteiger partial charge is 0.493 e. The number of alkyl halides is 2. The molecule has 1 atom stereocenters. The Bertz CT molecular complexity index is 1060. The van der Waals surface area contributed by atoms with Gasteiger partial charge in [0.1, 0.15) is 12.1 Å². The summed E-state index contributed by atoms with van der Waals surface area (Å²) in [6, 6.07) is 10.9. The summed E-state index contributed by atoms with van der Waals surface area (Å²) in [6.45, 7) is 0.178. The van der Waals surface area contributed by atoms with Crippen molar-refractivity contribution in [2.45, 2.75) is 32.5 Å². The van der Waals surface area contributed by atoms with E-state index in [-0.39, 0.29) is 18.0 Å². The van der Waals surface area contributed by atoms with E-state index in [1.54, 1.807) is 19.1 Å². The van der Waals surface area contributed by atoms with Crippen molar-refractivity contribution in [3.63, 3.8) is 0 Å². The molecule has 4 amide bonds. The Morgan fingerprint density at radius 1 is 1.15 bits per heavy atom. The van der Waals surface area contributed by atoms with Gasteiger partial charge in [-0.1, -0.05) is 35.9 Å². The topological polar surface area (TPSA) is 88.2 Å². The number of nitrogens with zero attached hydrogens (tertiary/aromatic N) is 2. The molecule has 8 nitrogen and oxygen atoms in total. The van der Waals surface area contributed by atoms with Crippen LogP contribution in [0.2, 0.25) is 0 Å². The van der Waals surface area contributed by atoms with E-state index in [9.17, 15) is 23.2 Å². The minimum Gasteiger partial charge on any atom is -0.493 e. The number of carbonyl (C=O) groups excluding carboxylic acids is 3. The number of aryl methyl sites for hydroxylation is 1. The lowest BCUT2D eigenvalue weighted by Crippen LogP contribution is -2.43. The first-order valence-corrected chi connectivity index (χ1v) is 10.1. The Labute approximate surface area is 190 Å². The number of urea groups is 1. The lowest BCUT2D eigenvalue weighted by Gasteiger charge is -2.23. The number of likely N-dealkylation sites (N-methyl/N-ethyl adjacent to an activating group) is 1. The van der Waals surface area contributed by atoms with Gasteiger partial charge in [-0.2, -0.15) is 8.78 Å². The van der Waals surface area contributed by atoms with E-state index in [0.29, 0.717) is 11.1 Å². The van der Waals surface area contributed by atoms with Gasteiger partial charge in [-0.3, -0.25) is 14.5 Å². The van der Waals surface area contributed by atoms with Gasteiger partial charge < -0.3 is 19.7 Å². The first kappa shape index (κ1) is 24.0. The molecule has 2 aromatic rings. The van der Waals surface area contributed by atoms with E-state index >= 15 is 0 Å². The van der Waals surface area contributed by atoms with Crippen LogP contribution in [0.25, 0.3) is 0 Å². The molecule has 1 N–H and O–H groups in total. The summed E-state index contributed by atoms with van der Waals surface area (Å²) in [5.74, 6) is -1.02. The van der Waals surface area contributed by atoms with Gasteiger partial charge in [-0.05, 0) is 37.1 Å². The SMILES string of the molecule is COc1cc(CN(C)C(=O)CN2C(=O)NC(C)(c3ccc(C)cc3)C2=O)ccc1OC(F)F. The highest BCUT2D eigenvalue weighted by atomic mass is 19.3. The predicted molar refractivity (Wildman–Crippen MR) is 115 cm³/mol. The Kier molecular flexibility index (Phi) is 6.85. The molecule has 1 heterocycles. The molecule has 1 aliphatic rings. The zero-order valence-corrected chi connectivity index (χ0v) is 18.7. The van der Waals surface area contributed by atoms with Gasteiger partial charge in [0.25, 0.3) is 5.91 Å². The van der Waals surface area contributed by atoms with Crippen LogP contribution in [0.15, 0.2) is 42.5 Å². The van der Waals surface area contributed by atoms with Crippen molar-refractivity contribution in [3.8, 4) is 11.5 Å². The molecule has 0 spiro atoms. The highest BCUT2D eigenvalue weighted by molar-refractivity contribution is 6.09. The lowest BCUT2D eigenvalue weighted by molar-refractivity contribution is -0.138. The fraction of sp³-hybridized carbons (Fsp3) is 0.348. The van der Waals surface area contributed by atoms with E-state index in [0.717, 1.165) is 10.5 Å². The Morgan fingerprint density at radius 3 is 2.42 bits per heavy atom. The molecule has 1 aliphatic heterocycles. The number of imide groups is 1. The minimum atomic E-state index is -3.00. The maximum absolute atomic E-state index is 13.0. The number of nitrogens with one attached hydrogen (secondary N) is 1. The maximum atomic E-state index is 13.0. The van der Waals surface area contributed by atoms with E-state index in [1.165, 1.54) is 37.3 Å². The molecule has 10 heteroatoms. The third-order valence-electron chi connectivity index (χ3n) is 5.49. The van der Waals surface area contributed by atoms with E-state index in [4.69, 9.17) is 4.74 Å². The van der Waals surface area contributed by atoms with Gasteiger partial charge in [0.2, 0.25) is 5.91 Å². The van der Waals surface area contributed by atoms with E-state index in [2.05, 4.69) is 10.1 Å². The van der Waals surface area contributed by atoms with Gasteiger partial charge in [0, 0.05) is 13.6 Å². The zero-order valence-electron chi connectivity index (χ0n) is 18.7. The summed E-state index contributed by atoms with van der Waals surface area (Å²) in [7, 11) is 2.82. The molecule has 2 aromatic carbocycles. The van der Waals surface area contributed by atoms with Crippen LogP contribution >= 0.6 is 0 Å².